The molecule has 0 spiro atoms. The molecule has 2 fully saturated rings. The minimum Gasteiger partial charge on any atom is -0.379 e. The highest BCUT2D eigenvalue weighted by atomic mass is 16.5. The molecule has 0 amide bonds. The predicted octanol–water partition coefficient (Wildman–Crippen LogP) is 1.22. The van der Waals surface area contributed by atoms with Gasteiger partial charge in [-0.25, -0.2) is 0 Å². The molecule has 3 nitrogen and oxygen atoms in total. The summed E-state index contributed by atoms with van der Waals surface area (Å²) < 4.78 is 5.48. The van der Waals surface area contributed by atoms with Crippen LogP contribution in [0.15, 0.2) is 0 Å². The van der Waals surface area contributed by atoms with E-state index in [0.29, 0.717) is 6.04 Å². The maximum absolute atomic E-state index is 5.63. The number of morpholine rings is 1. The van der Waals surface area contributed by atoms with Gasteiger partial charge in [0.2, 0.25) is 0 Å². The first-order valence-electron chi connectivity index (χ1n) is 6.35. The topological polar surface area (TPSA) is 38.5 Å². The van der Waals surface area contributed by atoms with Crippen LogP contribution in [0.1, 0.15) is 32.6 Å². The largest absolute Gasteiger partial charge is 0.379 e. The van der Waals surface area contributed by atoms with Crippen LogP contribution in [0.25, 0.3) is 0 Å². The van der Waals surface area contributed by atoms with Crippen molar-refractivity contribution in [3.8, 4) is 0 Å². The second-order valence-electron chi connectivity index (χ2n) is 5.07. The summed E-state index contributed by atoms with van der Waals surface area (Å²) in [7, 11) is 0. The number of hydrogen-bond acceptors (Lipinski definition) is 3. The molecule has 2 N–H and O–H groups in total. The molecule has 0 radical (unpaired) electrons. The Morgan fingerprint density at radius 3 is 3.00 bits per heavy atom. The van der Waals surface area contributed by atoms with E-state index in [4.69, 9.17) is 10.5 Å². The summed E-state index contributed by atoms with van der Waals surface area (Å²) in [6.07, 6.45) is 5.33. The van der Waals surface area contributed by atoms with Crippen molar-refractivity contribution in [1.82, 2.24) is 4.90 Å². The molecule has 0 bridgehead atoms. The Morgan fingerprint density at radius 2 is 2.27 bits per heavy atom. The third-order valence-electron chi connectivity index (χ3n) is 3.98. The summed E-state index contributed by atoms with van der Waals surface area (Å²) in [6, 6.07) is 1.42. The van der Waals surface area contributed by atoms with E-state index in [9.17, 15) is 0 Å². The molecule has 0 aromatic rings. The van der Waals surface area contributed by atoms with Gasteiger partial charge in [-0.15, -0.1) is 0 Å². The molecule has 1 saturated heterocycles. The van der Waals surface area contributed by atoms with Crippen molar-refractivity contribution < 1.29 is 4.74 Å². The van der Waals surface area contributed by atoms with Crippen LogP contribution in [0.3, 0.4) is 0 Å². The summed E-state index contributed by atoms with van der Waals surface area (Å²) in [6.45, 7) is 6.10. The van der Waals surface area contributed by atoms with Gasteiger partial charge in [-0.05, 0) is 45.1 Å². The van der Waals surface area contributed by atoms with Gasteiger partial charge in [-0.3, -0.25) is 4.90 Å². The molecule has 0 aromatic carbocycles. The van der Waals surface area contributed by atoms with Gasteiger partial charge in [-0.1, -0.05) is 0 Å². The first-order chi connectivity index (χ1) is 7.31. The summed E-state index contributed by atoms with van der Waals surface area (Å²) in [5, 5.41) is 0. The lowest BCUT2D eigenvalue weighted by Gasteiger charge is -2.38. The molecule has 1 heterocycles. The van der Waals surface area contributed by atoms with Gasteiger partial charge >= 0.3 is 0 Å². The lowest BCUT2D eigenvalue weighted by atomic mass is 10.0. The van der Waals surface area contributed by atoms with Crippen molar-refractivity contribution in [2.45, 2.75) is 44.7 Å². The van der Waals surface area contributed by atoms with Gasteiger partial charge in [0.15, 0.2) is 0 Å². The Balaban J connectivity index is 1.83. The van der Waals surface area contributed by atoms with Crippen LogP contribution in [0, 0.1) is 5.92 Å². The van der Waals surface area contributed by atoms with Gasteiger partial charge in [0.25, 0.3) is 0 Å². The average molecular weight is 212 g/mol. The molecule has 1 aliphatic heterocycles. The number of nitrogens with two attached hydrogens (primary N) is 1. The Kier molecular flexibility index (Phi) is 4.00. The molecule has 2 aliphatic rings. The Hall–Kier alpha value is -0.120. The van der Waals surface area contributed by atoms with Gasteiger partial charge in [0.1, 0.15) is 0 Å². The molecule has 3 atom stereocenters. The SMILES string of the molecule is CC1COCCN1C1CCC(CCN)C1. The van der Waals surface area contributed by atoms with Crippen molar-refractivity contribution in [3.63, 3.8) is 0 Å². The van der Waals surface area contributed by atoms with Crippen LogP contribution in [-0.4, -0.2) is 43.3 Å². The standard InChI is InChI=1S/C12H24N2O/c1-10-9-15-7-6-14(10)12-3-2-11(8-12)4-5-13/h10-12H,2-9,13H2,1H3. The highest BCUT2D eigenvalue weighted by Crippen LogP contribution is 2.32. The third kappa shape index (κ3) is 2.71. The number of rotatable bonds is 3. The molecular weight excluding hydrogens is 188 g/mol. The van der Waals surface area contributed by atoms with E-state index in [-0.39, 0.29) is 0 Å². The quantitative estimate of drug-likeness (QED) is 0.764. The van der Waals surface area contributed by atoms with Crippen LogP contribution in [0.4, 0.5) is 0 Å². The van der Waals surface area contributed by atoms with Crippen molar-refractivity contribution >= 4 is 0 Å². The smallest absolute Gasteiger partial charge is 0.0619 e. The monoisotopic (exact) mass is 212 g/mol. The van der Waals surface area contributed by atoms with E-state index in [0.717, 1.165) is 38.3 Å². The summed E-state index contributed by atoms with van der Waals surface area (Å²) >= 11 is 0. The van der Waals surface area contributed by atoms with Crippen molar-refractivity contribution in [2.75, 3.05) is 26.3 Å². The second-order valence-corrected chi connectivity index (χ2v) is 5.07. The predicted molar refractivity (Wildman–Crippen MR) is 61.8 cm³/mol. The zero-order valence-electron chi connectivity index (χ0n) is 9.82. The first kappa shape index (κ1) is 11.4. The summed E-state index contributed by atoms with van der Waals surface area (Å²) in [4.78, 5) is 2.65. The fraction of sp³-hybridized carbons (Fsp3) is 1.00. The zero-order valence-corrected chi connectivity index (χ0v) is 9.82. The lowest BCUT2D eigenvalue weighted by molar-refractivity contribution is -0.0213. The highest BCUT2D eigenvalue weighted by Gasteiger charge is 2.32. The minimum atomic E-state index is 0.611. The Morgan fingerprint density at radius 1 is 1.40 bits per heavy atom. The Bertz CT molecular complexity index is 198. The Labute approximate surface area is 93.0 Å². The number of ether oxygens (including phenoxy) is 1. The molecule has 1 saturated carbocycles. The molecule has 0 aromatic heterocycles. The van der Waals surface area contributed by atoms with Gasteiger partial charge in [0.05, 0.1) is 13.2 Å². The van der Waals surface area contributed by atoms with E-state index < -0.39 is 0 Å². The van der Waals surface area contributed by atoms with Crippen molar-refractivity contribution in [2.24, 2.45) is 11.7 Å². The fourth-order valence-electron chi connectivity index (χ4n) is 3.13. The number of hydrogen-bond donors (Lipinski definition) is 1. The summed E-state index contributed by atoms with van der Waals surface area (Å²) in [5.41, 5.74) is 5.63. The van der Waals surface area contributed by atoms with E-state index in [1.165, 1.54) is 25.7 Å². The van der Waals surface area contributed by atoms with Crippen molar-refractivity contribution in [1.29, 1.82) is 0 Å². The number of nitrogens with zero attached hydrogens (tertiary/aromatic N) is 1. The normalized spacial score (nSPS) is 38.4. The third-order valence-corrected chi connectivity index (χ3v) is 3.98. The maximum atomic E-state index is 5.63. The molecule has 3 unspecified atom stereocenters. The summed E-state index contributed by atoms with van der Waals surface area (Å²) in [5.74, 6) is 0.884. The molecule has 2 rings (SSSR count). The van der Waals surface area contributed by atoms with Gasteiger partial charge < -0.3 is 10.5 Å². The molecule has 88 valence electrons. The van der Waals surface area contributed by atoms with Crippen molar-refractivity contribution in [3.05, 3.63) is 0 Å². The van der Waals surface area contributed by atoms with E-state index in [1.54, 1.807) is 0 Å². The lowest BCUT2D eigenvalue weighted by Crippen LogP contribution is -2.48. The van der Waals surface area contributed by atoms with Crippen LogP contribution >= 0.6 is 0 Å². The molecular formula is C12H24N2O. The minimum absolute atomic E-state index is 0.611. The zero-order chi connectivity index (χ0) is 10.7. The van der Waals surface area contributed by atoms with Gasteiger partial charge in [0, 0.05) is 18.6 Å². The first-order valence-corrected chi connectivity index (χ1v) is 6.35. The van der Waals surface area contributed by atoms with Crippen LogP contribution in [0.5, 0.6) is 0 Å². The fourth-order valence-corrected chi connectivity index (χ4v) is 3.13. The molecule has 3 heteroatoms. The average Bonchev–Trinajstić information content (AvgIpc) is 2.68. The van der Waals surface area contributed by atoms with Crippen LogP contribution < -0.4 is 5.73 Å². The van der Waals surface area contributed by atoms with E-state index in [2.05, 4.69) is 11.8 Å². The van der Waals surface area contributed by atoms with Gasteiger partial charge in [-0.2, -0.15) is 0 Å². The maximum Gasteiger partial charge on any atom is 0.0619 e. The molecule has 15 heavy (non-hydrogen) atoms. The van der Waals surface area contributed by atoms with Crippen LogP contribution in [0.2, 0.25) is 0 Å². The molecule has 1 aliphatic carbocycles. The van der Waals surface area contributed by atoms with E-state index >= 15 is 0 Å². The van der Waals surface area contributed by atoms with E-state index in [1.807, 2.05) is 0 Å². The second kappa shape index (κ2) is 5.28. The van der Waals surface area contributed by atoms with Crippen LogP contribution in [-0.2, 0) is 4.74 Å². The highest BCUT2D eigenvalue weighted by molar-refractivity contribution is 4.86.